The van der Waals surface area contributed by atoms with E-state index in [-0.39, 0.29) is 11.6 Å². The van der Waals surface area contributed by atoms with E-state index in [1.165, 1.54) is 11.8 Å². The van der Waals surface area contributed by atoms with Gasteiger partial charge in [0.1, 0.15) is 0 Å². The first-order valence-electron chi connectivity index (χ1n) is 6.87. The zero-order chi connectivity index (χ0) is 16.2. The van der Waals surface area contributed by atoms with Crippen molar-refractivity contribution in [2.24, 2.45) is 0 Å². The van der Waals surface area contributed by atoms with Crippen molar-refractivity contribution in [3.05, 3.63) is 66.0 Å². The van der Waals surface area contributed by atoms with E-state index in [1.807, 2.05) is 35.1 Å². The van der Waals surface area contributed by atoms with Crippen LogP contribution in [0.3, 0.4) is 0 Å². The number of aromatic nitrogens is 2. The molecule has 0 saturated heterocycles. The number of benzene rings is 1. The lowest BCUT2D eigenvalue weighted by atomic mass is 10.2. The van der Waals surface area contributed by atoms with E-state index in [0.29, 0.717) is 16.2 Å². The molecule has 0 atom stereocenters. The van der Waals surface area contributed by atoms with Crippen molar-refractivity contribution in [3.63, 3.8) is 0 Å². The van der Waals surface area contributed by atoms with Crippen LogP contribution in [0.2, 0.25) is 0 Å². The third-order valence-electron chi connectivity index (χ3n) is 3.24. The molecule has 0 fully saturated rings. The summed E-state index contributed by atoms with van der Waals surface area (Å²) in [6, 6.07) is 14.2. The highest BCUT2D eigenvalue weighted by atomic mass is 32.2. The molecule has 0 aliphatic heterocycles. The maximum absolute atomic E-state index is 12.3. The Hall–Kier alpha value is -2.80. The summed E-state index contributed by atoms with van der Waals surface area (Å²) in [7, 11) is 0. The number of carbonyl (C=O) groups is 2. The molecule has 116 valence electrons. The van der Waals surface area contributed by atoms with Gasteiger partial charge in [0.2, 0.25) is 0 Å². The number of thioether (sulfide) groups is 1. The largest absolute Gasteiger partial charge is 0.294 e. The minimum atomic E-state index is -0.460. The SMILES string of the molecule is CSc1nc(C(=O)NNC(=O)c2ccccc2)c2ccccn12. The van der Waals surface area contributed by atoms with E-state index in [2.05, 4.69) is 15.8 Å². The maximum atomic E-state index is 12.3. The topological polar surface area (TPSA) is 75.5 Å². The molecule has 0 spiro atoms. The zero-order valence-electron chi connectivity index (χ0n) is 12.3. The quantitative estimate of drug-likeness (QED) is 0.571. The predicted octanol–water partition coefficient (Wildman–Crippen LogP) is 2.13. The summed E-state index contributed by atoms with van der Waals surface area (Å²) in [5.74, 6) is -0.842. The van der Waals surface area contributed by atoms with Crippen molar-refractivity contribution in [1.29, 1.82) is 0 Å². The Morgan fingerprint density at radius 3 is 2.43 bits per heavy atom. The molecule has 0 aliphatic rings. The molecule has 0 saturated carbocycles. The monoisotopic (exact) mass is 326 g/mol. The van der Waals surface area contributed by atoms with Gasteiger partial charge in [-0.05, 0) is 30.5 Å². The number of hydrogen-bond acceptors (Lipinski definition) is 4. The number of pyridine rings is 1. The second-order valence-corrected chi connectivity index (χ2v) is 5.45. The minimum absolute atomic E-state index is 0.267. The highest BCUT2D eigenvalue weighted by Gasteiger charge is 2.17. The van der Waals surface area contributed by atoms with Crippen molar-refractivity contribution in [2.75, 3.05) is 6.26 Å². The van der Waals surface area contributed by atoms with Crippen LogP contribution in [0, 0.1) is 0 Å². The average molecular weight is 326 g/mol. The summed E-state index contributed by atoms with van der Waals surface area (Å²) in [6.07, 6.45) is 3.73. The first-order valence-corrected chi connectivity index (χ1v) is 8.10. The van der Waals surface area contributed by atoms with E-state index in [1.54, 1.807) is 30.3 Å². The number of nitrogens with zero attached hydrogens (tertiary/aromatic N) is 2. The van der Waals surface area contributed by atoms with Gasteiger partial charge in [0, 0.05) is 11.8 Å². The van der Waals surface area contributed by atoms with Crippen LogP contribution in [0.5, 0.6) is 0 Å². The van der Waals surface area contributed by atoms with Crippen molar-refractivity contribution < 1.29 is 9.59 Å². The lowest BCUT2D eigenvalue weighted by molar-refractivity contribution is 0.0845. The molecule has 23 heavy (non-hydrogen) atoms. The van der Waals surface area contributed by atoms with Crippen molar-refractivity contribution in [3.8, 4) is 0 Å². The van der Waals surface area contributed by atoms with Crippen LogP contribution in [-0.2, 0) is 0 Å². The lowest BCUT2D eigenvalue weighted by Gasteiger charge is -2.06. The predicted molar refractivity (Wildman–Crippen MR) is 88.3 cm³/mol. The highest BCUT2D eigenvalue weighted by molar-refractivity contribution is 7.98. The van der Waals surface area contributed by atoms with Crippen LogP contribution in [0.25, 0.3) is 5.52 Å². The van der Waals surface area contributed by atoms with Crippen molar-refractivity contribution >= 4 is 29.1 Å². The van der Waals surface area contributed by atoms with Gasteiger partial charge in [-0.3, -0.25) is 24.8 Å². The molecule has 0 bridgehead atoms. The fraction of sp³-hybridized carbons (Fsp3) is 0.0625. The molecule has 7 heteroatoms. The van der Waals surface area contributed by atoms with Gasteiger partial charge in [0.15, 0.2) is 10.9 Å². The van der Waals surface area contributed by atoms with Gasteiger partial charge in [-0.2, -0.15) is 0 Å². The maximum Gasteiger partial charge on any atom is 0.290 e. The molecule has 6 nitrogen and oxygen atoms in total. The summed E-state index contributed by atoms with van der Waals surface area (Å²) >= 11 is 1.44. The lowest BCUT2D eigenvalue weighted by Crippen LogP contribution is -2.41. The van der Waals surface area contributed by atoms with Crippen molar-refractivity contribution in [2.45, 2.75) is 5.16 Å². The number of amides is 2. The van der Waals surface area contributed by atoms with Crippen LogP contribution in [0.15, 0.2) is 59.9 Å². The third kappa shape index (κ3) is 3.04. The molecule has 2 amide bonds. The second kappa shape index (κ2) is 6.53. The fourth-order valence-electron chi connectivity index (χ4n) is 2.16. The number of hydrogen-bond donors (Lipinski definition) is 2. The molecule has 3 rings (SSSR count). The number of carbonyl (C=O) groups excluding carboxylic acids is 2. The Bertz CT molecular complexity index is 861. The zero-order valence-corrected chi connectivity index (χ0v) is 13.1. The number of rotatable bonds is 3. The fourth-order valence-corrected chi connectivity index (χ4v) is 2.69. The molecule has 0 radical (unpaired) electrons. The minimum Gasteiger partial charge on any atom is -0.294 e. The average Bonchev–Trinajstić information content (AvgIpc) is 2.99. The van der Waals surface area contributed by atoms with E-state index in [0.717, 1.165) is 0 Å². The van der Waals surface area contributed by atoms with Gasteiger partial charge in [-0.1, -0.05) is 36.0 Å². The molecule has 2 heterocycles. The van der Waals surface area contributed by atoms with Crippen LogP contribution in [0.4, 0.5) is 0 Å². The Kier molecular flexibility index (Phi) is 4.29. The molecular formula is C16H14N4O2S. The van der Waals surface area contributed by atoms with Crippen LogP contribution in [0.1, 0.15) is 20.8 Å². The van der Waals surface area contributed by atoms with Gasteiger partial charge >= 0.3 is 0 Å². The molecule has 0 aliphatic carbocycles. The van der Waals surface area contributed by atoms with E-state index in [4.69, 9.17) is 0 Å². The molecule has 2 N–H and O–H groups in total. The van der Waals surface area contributed by atoms with Gasteiger partial charge in [-0.25, -0.2) is 4.98 Å². The smallest absolute Gasteiger partial charge is 0.290 e. The summed E-state index contributed by atoms with van der Waals surface area (Å²) in [5.41, 5.74) is 6.21. The number of fused-ring (bicyclic) bond motifs is 1. The van der Waals surface area contributed by atoms with Crippen LogP contribution in [-0.4, -0.2) is 27.5 Å². The first kappa shape index (κ1) is 15.1. The van der Waals surface area contributed by atoms with Gasteiger partial charge < -0.3 is 0 Å². The molecule has 3 aromatic rings. The van der Waals surface area contributed by atoms with Crippen molar-refractivity contribution in [1.82, 2.24) is 20.2 Å². The Morgan fingerprint density at radius 2 is 1.70 bits per heavy atom. The van der Waals surface area contributed by atoms with E-state index in [9.17, 15) is 9.59 Å². The molecule has 2 aromatic heterocycles. The molecule has 0 unspecified atom stereocenters. The highest BCUT2D eigenvalue weighted by Crippen LogP contribution is 2.19. The summed E-state index contributed by atoms with van der Waals surface area (Å²) in [5, 5.41) is 0.708. The van der Waals surface area contributed by atoms with Gasteiger partial charge in [-0.15, -0.1) is 0 Å². The van der Waals surface area contributed by atoms with Crippen LogP contribution < -0.4 is 10.9 Å². The third-order valence-corrected chi connectivity index (χ3v) is 3.89. The standard InChI is InChI=1S/C16H14N4O2S/c1-23-16-17-13(12-9-5-6-10-20(12)16)15(22)19-18-14(21)11-7-3-2-4-8-11/h2-10H,1H3,(H,18,21)(H,19,22). The van der Waals surface area contributed by atoms with Crippen LogP contribution >= 0.6 is 11.8 Å². The number of hydrazine groups is 1. The Morgan fingerprint density at radius 1 is 1.00 bits per heavy atom. The van der Waals surface area contributed by atoms with E-state index >= 15 is 0 Å². The summed E-state index contributed by atoms with van der Waals surface area (Å²) in [4.78, 5) is 28.6. The molecular weight excluding hydrogens is 312 g/mol. The Balaban J connectivity index is 1.78. The van der Waals surface area contributed by atoms with Gasteiger partial charge in [0.05, 0.1) is 5.52 Å². The Labute approximate surface area is 136 Å². The molecule has 1 aromatic carbocycles. The number of nitrogens with one attached hydrogen (secondary N) is 2. The summed E-state index contributed by atoms with van der Waals surface area (Å²) < 4.78 is 1.83. The second-order valence-electron chi connectivity index (χ2n) is 4.68. The number of imidazole rings is 1. The summed E-state index contributed by atoms with van der Waals surface area (Å²) in [6.45, 7) is 0. The normalized spacial score (nSPS) is 10.5. The van der Waals surface area contributed by atoms with E-state index < -0.39 is 5.91 Å². The van der Waals surface area contributed by atoms with Gasteiger partial charge in [0.25, 0.3) is 11.8 Å². The first-order chi connectivity index (χ1) is 11.2.